The Labute approximate surface area is 104 Å². The number of carbonyl (C=O) groups excluding carboxylic acids is 1. The van der Waals surface area contributed by atoms with Crippen LogP contribution in [0.4, 0.5) is 0 Å². The Morgan fingerprint density at radius 2 is 2.06 bits per heavy atom. The summed E-state index contributed by atoms with van der Waals surface area (Å²) < 4.78 is 0.944. The number of hydrogen-bond donors (Lipinski definition) is 0. The number of benzene rings is 1. The first-order chi connectivity index (χ1) is 7.47. The number of nitriles is 1. The van der Waals surface area contributed by atoms with Crippen LogP contribution >= 0.6 is 15.9 Å². The third-order valence-corrected chi connectivity index (χ3v) is 3.04. The van der Waals surface area contributed by atoms with Gasteiger partial charge in [-0.3, -0.25) is 4.79 Å². The molecule has 1 aromatic carbocycles. The zero-order valence-corrected chi connectivity index (χ0v) is 11.2. The van der Waals surface area contributed by atoms with Crippen LogP contribution in [0.3, 0.4) is 0 Å². The van der Waals surface area contributed by atoms with Crippen molar-refractivity contribution in [1.29, 1.82) is 5.26 Å². The number of Topliss-reactive ketones (excluding diaryl/α,β-unsaturated/α-hetero) is 1. The van der Waals surface area contributed by atoms with Gasteiger partial charge >= 0.3 is 0 Å². The Hall–Kier alpha value is -1.14. The Bertz CT molecular complexity index is 446. The van der Waals surface area contributed by atoms with Gasteiger partial charge in [-0.25, -0.2) is 0 Å². The summed E-state index contributed by atoms with van der Waals surface area (Å²) in [5.41, 5.74) is 1.55. The number of nitrogens with zero attached hydrogens (tertiary/aromatic N) is 1. The Morgan fingerprint density at radius 1 is 1.44 bits per heavy atom. The number of aryl methyl sites for hydroxylation is 1. The highest BCUT2D eigenvalue weighted by Gasteiger charge is 2.24. The van der Waals surface area contributed by atoms with Gasteiger partial charge in [0.25, 0.3) is 0 Å². The molecule has 0 aliphatic carbocycles. The largest absolute Gasteiger partial charge is 0.293 e. The molecular weight excluding hydrogens is 266 g/mol. The molecule has 0 radical (unpaired) electrons. The molecule has 0 bridgehead atoms. The molecule has 16 heavy (non-hydrogen) atoms. The van der Waals surface area contributed by atoms with Crippen LogP contribution in [-0.4, -0.2) is 5.78 Å². The quantitative estimate of drug-likeness (QED) is 0.791. The van der Waals surface area contributed by atoms with Gasteiger partial charge in [-0.15, -0.1) is 0 Å². The van der Waals surface area contributed by atoms with Gasteiger partial charge in [0, 0.05) is 10.0 Å². The molecule has 2 nitrogen and oxygen atoms in total. The monoisotopic (exact) mass is 279 g/mol. The Balaban J connectivity index is 3.10. The van der Waals surface area contributed by atoms with Crippen molar-refractivity contribution in [1.82, 2.24) is 0 Å². The summed E-state index contributed by atoms with van der Waals surface area (Å²) in [5.74, 6) is -0.595. The Morgan fingerprint density at radius 3 is 2.50 bits per heavy atom. The highest BCUT2D eigenvalue weighted by Crippen LogP contribution is 2.21. The van der Waals surface area contributed by atoms with Crippen LogP contribution < -0.4 is 0 Å². The smallest absolute Gasteiger partial charge is 0.180 e. The fraction of sp³-hybridized carbons (Fsp3) is 0.385. The van der Waals surface area contributed by atoms with Crippen LogP contribution in [0.25, 0.3) is 0 Å². The summed E-state index contributed by atoms with van der Waals surface area (Å²) in [6.07, 6.45) is 0. The second-order valence-corrected chi connectivity index (χ2v) is 5.09. The molecule has 0 fully saturated rings. The van der Waals surface area contributed by atoms with E-state index in [1.807, 2.05) is 32.9 Å². The summed E-state index contributed by atoms with van der Waals surface area (Å²) >= 11 is 3.35. The van der Waals surface area contributed by atoms with Crippen LogP contribution in [-0.2, 0) is 0 Å². The predicted octanol–water partition coefficient (Wildman–Crippen LogP) is 3.74. The maximum atomic E-state index is 12.1. The summed E-state index contributed by atoms with van der Waals surface area (Å²) in [6.45, 7) is 5.66. The second-order valence-electron chi connectivity index (χ2n) is 4.17. The molecule has 1 aromatic rings. The summed E-state index contributed by atoms with van der Waals surface area (Å²) in [4.78, 5) is 12.1. The minimum atomic E-state index is -0.556. The van der Waals surface area contributed by atoms with Crippen molar-refractivity contribution in [2.24, 2.45) is 11.8 Å². The second kappa shape index (κ2) is 5.27. The highest BCUT2D eigenvalue weighted by molar-refractivity contribution is 9.10. The van der Waals surface area contributed by atoms with Gasteiger partial charge in [0.2, 0.25) is 0 Å². The lowest BCUT2D eigenvalue weighted by Crippen LogP contribution is -2.19. The summed E-state index contributed by atoms with van der Waals surface area (Å²) in [6, 6.07) is 7.57. The number of halogens is 1. The van der Waals surface area contributed by atoms with E-state index in [1.165, 1.54) is 0 Å². The summed E-state index contributed by atoms with van der Waals surface area (Å²) in [5, 5.41) is 8.99. The molecule has 1 unspecified atom stereocenters. The van der Waals surface area contributed by atoms with Crippen molar-refractivity contribution in [2.75, 3.05) is 0 Å². The minimum Gasteiger partial charge on any atom is -0.293 e. The lowest BCUT2D eigenvalue weighted by molar-refractivity contribution is 0.0924. The minimum absolute atomic E-state index is 0.0422. The van der Waals surface area contributed by atoms with Gasteiger partial charge in [-0.05, 0) is 36.6 Å². The third kappa shape index (κ3) is 2.70. The van der Waals surface area contributed by atoms with Crippen molar-refractivity contribution >= 4 is 21.7 Å². The molecule has 0 saturated heterocycles. The van der Waals surface area contributed by atoms with E-state index in [4.69, 9.17) is 5.26 Å². The lowest BCUT2D eigenvalue weighted by atomic mass is 9.88. The molecule has 0 amide bonds. The van der Waals surface area contributed by atoms with Crippen LogP contribution in [0.1, 0.15) is 29.8 Å². The van der Waals surface area contributed by atoms with Gasteiger partial charge in [0.05, 0.1) is 6.07 Å². The van der Waals surface area contributed by atoms with E-state index in [0.717, 1.165) is 10.0 Å². The first-order valence-corrected chi connectivity index (χ1v) is 5.96. The van der Waals surface area contributed by atoms with E-state index in [9.17, 15) is 4.79 Å². The molecule has 1 rings (SSSR count). The van der Waals surface area contributed by atoms with Crippen LogP contribution in [0.15, 0.2) is 22.7 Å². The molecule has 0 N–H and O–H groups in total. The average molecular weight is 280 g/mol. The van der Waals surface area contributed by atoms with Gasteiger partial charge < -0.3 is 0 Å². The number of carbonyl (C=O) groups is 1. The molecule has 0 heterocycles. The van der Waals surface area contributed by atoms with Gasteiger partial charge in [-0.1, -0.05) is 29.8 Å². The topological polar surface area (TPSA) is 40.9 Å². The summed E-state index contributed by atoms with van der Waals surface area (Å²) in [7, 11) is 0. The molecule has 0 aromatic heterocycles. The first kappa shape index (κ1) is 12.9. The zero-order chi connectivity index (χ0) is 12.3. The first-order valence-electron chi connectivity index (χ1n) is 5.17. The van der Waals surface area contributed by atoms with E-state index in [0.29, 0.717) is 5.56 Å². The molecular formula is C13H14BrNO. The molecule has 0 aliphatic rings. The number of hydrogen-bond acceptors (Lipinski definition) is 2. The van der Waals surface area contributed by atoms with Crippen molar-refractivity contribution in [3.8, 4) is 6.07 Å². The highest BCUT2D eigenvalue weighted by atomic mass is 79.9. The maximum absolute atomic E-state index is 12.1. The van der Waals surface area contributed by atoms with Crippen molar-refractivity contribution in [3.05, 3.63) is 33.8 Å². The molecule has 84 valence electrons. The average Bonchev–Trinajstić information content (AvgIpc) is 2.17. The van der Waals surface area contributed by atoms with E-state index >= 15 is 0 Å². The SMILES string of the molecule is Cc1cc(Br)ccc1C(=O)C(C#N)C(C)C. The fourth-order valence-corrected chi connectivity index (χ4v) is 2.06. The molecule has 0 spiro atoms. The normalized spacial score (nSPS) is 12.2. The van der Waals surface area contributed by atoms with Crippen molar-refractivity contribution in [3.63, 3.8) is 0 Å². The fourth-order valence-electron chi connectivity index (χ4n) is 1.58. The number of ketones is 1. The van der Waals surface area contributed by atoms with Crippen LogP contribution in [0.2, 0.25) is 0 Å². The molecule has 3 heteroatoms. The predicted molar refractivity (Wildman–Crippen MR) is 67.2 cm³/mol. The zero-order valence-electron chi connectivity index (χ0n) is 9.62. The standard InChI is InChI=1S/C13H14BrNO/c1-8(2)12(7-15)13(16)11-5-4-10(14)6-9(11)3/h4-6,8,12H,1-3H3. The maximum Gasteiger partial charge on any atom is 0.180 e. The molecule has 0 saturated carbocycles. The van der Waals surface area contributed by atoms with Gasteiger partial charge in [0.15, 0.2) is 5.78 Å². The van der Waals surface area contributed by atoms with Crippen molar-refractivity contribution < 1.29 is 4.79 Å². The third-order valence-electron chi connectivity index (χ3n) is 2.54. The Kier molecular flexibility index (Phi) is 4.26. The lowest BCUT2D eigenvalue weighted by Gasteiger charge is -2.13. The van der Waals surface area contributed by atoms with E-state index in [2.05, 4.69) is 22.0 Å². The van der Waals surface area contributed by atoms with Crippen LogP contribution in [0.5, 0.6) is 0 Å². The van der Waals surface area contributed by atoms with E-state index in [-0.39, 0.29) is 11.7 Å². The van der Waals surface area contributed by atoms with Gasteiger partial charge in [-0.2, -0.15) is 5.26 Å². The van der Waals surface area contributed by atoms with E-state index in [1.54, 1.807) is 6.07 Å². The number of rotatable bonds is 3. The van der Waals surface area contributed by atoms with Crippen molar-refractivity contribution in [2.45, 2.75) is 20.8 Å². The molecule has 1 atom stereocenters. The van der Waals surface area contributed by atoms with E-state index < -0.39 is 5.92 Å². The molecule has 0 aliphatic heterocycles. The van der Waals surface area contributed by atoms with Gasteiger partial charge in [0.1, 0.15) is 5.92 Å². The van der Waals surface area contributed by atoms with Crippen LogP contribution in [0, 0.1) is 30.1 Å².